The molecule has 20 heavy (non-hydrogen) atoms. The Morgan fingerprint density at radius 2 is 1.60 bits per heavy atom. The van der Waals surface area contributed by atoms with Gasteiger partial charge < -0.3 is 4.74 Å². The fraction of sp³-hybridized carbons (Fsp3) is 0.118. The molecule has 0 bridgehead atoms. The molecule has 0 amide bonds. The molecular formula is C17H14O2S. The van der Waals surface area contributed by atoms with E-state index in [1.54, 1.807) is 0 Å². The molecule has 3 heteroatoms. The molecular weight excluding hydrogens is 268 g/mol. The first-order valence-electron chi connectivity index (χ1n) is 6.42. The van der Waals surface area contributed by atoms with E-state index < -0.39 is 4.93 Å². The first-order chi connectivity index (χ1) is 9.67. The van der Waals surface area contributed by atoms with Gasteiger partial charge in [0.1, 0.15) is 0 Å². The summed E-state index contributed by atoms with van der Waals surface area (Å²) in [6, 6.07) is 19.6. The number of hydrogen-bond donors (Lipinski definition) is 0. The van der Waals surface area contributed by atoms with Crippen molar-refractivity contribution in [2.45, 2.75) is 11.9 Å². The fourth-order valence-corrected chi connectivity index (χ4v) is 3.26. The van der Waals surface area contributed by atoms with Crippen LogP contribution >= 0.6 is 11.8 Å². The second-order valence-corrected chi connectivity index (χ2v) is 6.15. The van der Waals surface area contributed by atoms with Crippen molar-refractivity contribution in [3.05, 3.63) is 76.7 Å². The third-order valence-electron chi connectivity index (χ3n) is 3.19. The minimum absolute atomic E-state index is 0.259. The lowest BCUT2D eigenvalue weighted by atomic mass is 10.1. The predicted molar refractivity (Wildman–Crippen MR) is 81.9 cm³/mol. The lowest BCUT2D eigenvalue weighted by Crippen LogP contribution is -2.17. The summed E-state index contributed by atoms with van der Waals surface area (Å²) in [5, 5.41) is 0. The van der Waals surface area contributed by atoms with Crippen LogP contribution in [0.15, 0.2) is 65.6 Å². The third-order valence-corrected chi connectivity index (χ3v) is 4.40. The number of hydrogen-bond acceptors (Lipinski definition) is 3. The van der Waals surface area contributed by atoms with Gasteiger partial charge in [-0.2, -0.15) is 0 Å². The maximum absolute atomic E-state index is 12.1. The molecule has 0 N–H and O–H groups in total. The zero-order valence-electron chi connectivity index (χ0n) is 11.1. The lowest BCUT2D eigenvalue weighted by Gasteiger charge is -2.21. The molecule has 0 saturated carbocycles. The van der Waals surface area contributed by atoms with E-state index >= 15 is 0 Å². The van der Waals surface area contributed by atoms with Gasteiger partial charge in [0.2, 0.25) is 0 Å². The SMILES string of the molecule is CC1(c2ccccc2)OC(=O)/C(=C/c2ccccc2)S1. The number of carbonyl (C=O) groups is 1. The number of ether oxygens (including phenoxy) is 1. The summed E-state index contributed by atoms with van der Waals surface area (Å²) in [5.74, 6) is -0.259. The maximum Gasteiger partial charge on any atom is 0.346 e. The molecule has 1 heterocycles. The molecule has 2 aromatic carbocycles. The van der Waals surface area contributed by atoms with Crippen LogP contribution in [-0.4, -0.2) is 5.97 Å². The fourth-order valence-electron chi connectivity index (χ4n) is 2.15. The molecule has 0 spiro atoms. The van der Waals surface area contributed by atoms with Crippen LogP contribution < -0.4 is 0 Å². The summed E-state index contributed by atoms with van der Waals surface area (Å²) in [6.07, 6.45) is 1.88. The largest absolute Gasteiger partial charge is 0.439 e. The van der Waals surface area contributed by atoms with Crippen molar-refractivity contribution in [3.8, 4) is 0 Å². The van der Waals surface area contributed by atoms with Crippen LogP contribution in [0, 0.1) is 0 Å². The Balaban J connectivity index is 1.91. The summed E-state index contributed by atoms with van der Waals surface area (Å²) in [4.78, 5) is 12.1. The van der Waals surface area contributed by atoms with Crippen LogP contribution in [-0.2, 0) is 14.5 Å². The highest BCUT2D eigenvalue weighted by atomic mass is 32.2. The summed E-state index contributed by atoms with van der Waals surface area (Å²) < 4.78 is 5.58. The average Bonchev–Trinajstić information content (AvgIpc) is 2.77. The number of rotatable bonds is 2. The molecule has 0 radical (unpaired) electrons. The molecule has 2 aromatic rings. The number of cyclic esters (lactones) is 1. The second-order valence-electron chi connectivity index (χ2n) is 4.72. The first-order valence-corrected chi connectivity index (χ1v) is 7.24. The van der Waals surface area contributed by atoms with E-state index in [0.717, 1.165) is 11.1 Å². The van der Waals surface area contributed by atoms with Gasteiger partial charge in [0.15, 0.2) is 4.93 Å². The zero-order chi connectivity index (χ0) is 14.0. The molecule has 0 aromatic heterocycles. The van der Waals surface area contributed by atoms with E-state index in [2.05, 4.69) is 0 Å². The number of benzene rings is 2. The van der Waals surface area contributed by atoms with Gasteiger partial charge in [-0.25, -0.2) is 4.79 Å². The van der Waals surface area contributed by atoms with E-state index in [1.165, 1.54) is 11.8 Å². The van der Waals surface area contributed by atoms with Crippen LogP contribution in [0.4, 0.5) is 0 Å². The topological polar surface area (TPSA) is 26.3 Å². The van der Waals surface area contributed by atoms with Crippen molar-refractivity contribution in [1.82, 2.24) is 0 Å². The quantitative estimate of drug-likeness (QED) is 0.610. The van der Waals surface area contributed by atoms with Gasteiger partial charge in [-0.15, -0.1) is 0 Å². The normalized spacial score (nSPS) is 23.9. The Labute approximate surface area is 122 Å². The van der Waals surface area contributed by atoms with Gasteiger partial charge in [0.25, 0.3) is 0 Å². The molecule has 1 saturated heterocycles. The minimum atomic E-state index is -0.640. The zero-order valence-corrected chi connectivity index (χ0v) is 11.9. The van der Waals surface area contributed by atoms with Gasteiger partial charge in [-0.3, -0.25) is 0 Å². The van der Waals surface area contributed by atoms with Gasteiger partial charge in [-0.1, -0.05) is 72.4 Å². The number of esters is 1. The predicted octanol–water partition coefficient (Wildman–Crippen LogP) is 4.19. The molecule has 100 valence electrons. The van der Waals surface area contributed by atoms with E-state index in [-0.39, 0.29) is 5.97 Å². The second kappa shape index (κ2) is 5.17. The van der Waals surface area contributed by atoms with Crippen molar-refractivity contribution >= 4 is 23.8 Å². The van der Waals surface area contributed by atoms with Crippen molar-refractivity contribution in [1.29, 1.82) is 0 Å². The Bertz CT molecular complexity index is 649. The average molecular weight is 282 g/mol. The van der Waals surface area contributed by atoms with Crippen molar-refractivity contribution < 1.29 is 9.53 Å². The Morgan fingerprint density at radius 1 is 1.00 bits per heavy atom. The maximum atomic E-state index is 12.1. The lowest BCUT2D eigenvalue weighted by molar-refractivity contribution is -0.143. The Kier molecular flexibility index (Phi) is 3.36. The molecule has 1 unspecified atom stereocenters. The first kappa shape index (κ1) is 13.0. The van der Waals surface area contributed by atoms with Crippen LogP contribution in [0.2, 0.25) is 0 Å². The van der Waals surface area contributed by atoms with Crippen molar-refractivity contribution in [3.63, 3.8) is 0 Å². The number of carbonyl (C=O) groups excluding carboxylic acids is 1. The van der Waals surface area contributed by atoms with E-state index in [4.69, 9.17) is 4.74 Å². The van der Waals surface area contributed by atoms with E-state index in [1.807, 2.05) is 73.7 Å². The van der Waals surface area contributed by atoms with Gasteiger partial charge >= 0.3 is 5.97 Å². The molecule has 1 fully saturated rings. The van der Waals surface area contributed by atoms with Crippen LogP contribution in [0.5, 0.6) is 0 Å². The van der Waals surface area contributed by atoms with E-state index in [0.29, 0.717) is 4.91 Å². The minimum Gasteiger partial charge on any atom is -0.439 e. The smallest absolute Gasteiger partial charge is 0.346 e. The van der Waals surface area contributed by atoms with Crippen LogP contribution in [0.3, 0.4) is 0 Å². The molecule has 0 aliphatic carbocycles. The summed E-state index contributed by atoms with van der Waals surface area (Å²) >= 11 is 1.46. The summed E-state index contributed by atoms with van der Waals surface area (Å²) in [7, 11) is 0. The van der Waals surface area contributed by atoms with E-state index in [9.17, 15) is 4.79 Å². The van der Waals surface area contributed by atoms with Gasteiger partial charge in [0.05, 0.1) is 4.91 Å². The summed E-state index contributed by atoms with van der Waals surface area (Å²) in [5.41, 5.74) is 2.00. The van der Waals surface area contributed by atoms with Crippen LogP contribution in [0.1, 0.15) is 18.1 Å². The van der Waals surface area contributed by atoms with Crippen molar-refractivity contribution in [2.75, 3.05) is 0 Å². The highest BCUT2D eigenvalue weighted by Gasteiger charge is 2.42. The Morgan fingerprint density at radius 3 is 2.25 bits per heavy atom. The third kappa shape index (κ3) is 2.49. The molecule has 2 nitrogen and oxygen atoms in total. The number of thioether (sulfide) groups is 1. The molecule has 3 rings (SSSR count). The standard InChI is InChI=1S/C17H14O2S/c1-17(14-10-6-3-7-11-14)19-16(18)15(20-17)12-13-8-4-2-5-9-13/h2-12H,1H3/b15-12-. The molecule has 1 atom stereocenters. The van der Waals surface area contributed by atoms with Gasteiger partial charge in [0, 0.05) is 5.56 Å². The monoisotopic (exact) mass is 282 g/mol. The molecule has 1 aliphatic rings. The highest BCUT2D eigenvalue weighted by Crippen LogP contribution is 2.48. The Hall–Kier alpha value is -2.00. The molecule has 1 aliphatic heterocycles. The van der Waals surface area contributed by atoms with Crippen LogP contribution in [0.25, 0.3) is 6.08 Å². The van der Waals surface area contributed by atoms with Gasteiger partial charge in [-0.05, 0) is 18.6 Å². The highest BCUT2D eigenvalue weighted by molar-refractivity contribution is 8.05. The summed E-state index contributed by atoms with van der Waals surface area (Å²) in [6.45, 7) is 1.93. The van der Waals surface area contributed by atoms with Crippen molar-refractivity contribution in [2.24, 2.45) is 0 Å².